The molecule has 1 aromatic heterocycles. The van der Waals surface area contributed by atoms with Gasteiger partial charge in [-0.3, -0.25) is 14.5 Å². The molecule has 3 fully saturated rings. The number of likely N-dealkylation sites (tertiary alicyclic amines) is 1. The summed E-state index contributed by atoms with van der Waals surface area (Å²) in [5, 5.41) is 27.5. The topological polar surface area (TPSA) is 130 Å². The molecule has 4 N–H and O–H groups in total. The number of hydrogen-bond acceptors (Lipinski definition) is 6. The van der Waals surface area contributed by atoms with Crippen LogP contribution in [0.1, 0.15) is 44.0 Å². The number of nitrogens with one attached hydrogen (secondary N) is 3. The fourth-order valence-corrected chi connectivity index (χ4v) is 5.57. The molecule has 2 aromatic rings. The number of nitrogens with zero attached hydrogens (tertiary/aromatic N) is 2. The number of piperidine rings is 2. The van der Waals surface area contributed by atoms with Crippen molar-refractivity contribution in [2.45, 2.75) is 50.4 Å². The number of methoxy groups -OCH3 is 1. The highest BCUT2D eigenvalue weighted by Crippen LogP contribution is 2.49. The fraction of sp³-hybridized carbons (Fsp3) is 0.560. The first-order valence-corrected chi connectivity index (χ1v) is 12.1. The summed E-state index contributed by atoms with van der Waals surface area (Å²) in [4.78, 5) is 30.5. The van der Waals surface area contributed by atoms with E-state index in [1.807, 2.05) is 29.2 Å². The smallest absolute Gasteiger partial charge is 0.238 e. The Morgan fingerprint density at radius 3 is 3.00 bits per heavy atom. The van der Waals surface area contributed by atoms with Gasteiger partial charge in [0.2, 0.25) is 11.8 Å². The van der Waals surface area contributed by atoms with E-state index in [0.29, 0.717) is 49.2 Å². The normalized spacial score (nSPS) is 28.3. The third-order valence-electron chi connectivity index (χ3n) is 7.59. The maximum absolute atomic E-state index is 13.3. The molecular formula is C25H31N5O4. The highest BCUT2D eigenvalue weighted by molar-refractivity contribution is 5.87. The molecule has 2 amide bonds. The van der Waals surface area contributed by atoms with Gasteiger partial charge < -0.3 is 25.5 Å². The van der Waals surface area contributed by atoms with Gasteiger partial charge in [-0.15, -0.1) is 0 Å². The van der Waals surface area contributed by atoms with E-state index in [4.69, 9.17) is 4.74 Å². The van der Waals surface area contributed by atoms with Gasteiger partial charge in [-0.05, 0) is 62.1 Å². The minimum absolute atomic E-state index is 0.0504. The summed E-state index contributed by atoms with van der Waals surface area (Å²) < 4.78 is 5.44. The van der Waals surface area contributed by atoms with Crippen molar-refractivity contribution in [1.82, 2.24) is 20.5 Å². The van der Waals surface area contributed by atoms with Gasteiger partial charge in [0, 0.05) is 29.9 Å². The van der Waals surface area contributed by atoms with Gasteiger partial charge in [-0.1, -0.05) is 6.07 Å². The second-order valence-electron chi connectivity index (χ2n) is 9.78. The van der Waals surface area contributed by atoms with Crippen molar-refractivity contribution in [3.8, 4) is 11.8 Å². The summed E-state index contributed by atoms with van der Waals surface area (Å²) in [6, 6.07) is 8.41. The number of carbonyl (C=O) groups is 2. The Balaban J connectivity index is 1.32. The predicted octanol–water partition coefficient (Wildman–Crippen LogP) is 1.80. The standard InChI is InChI=1S/C25H31N5O4/c1-34-22-6-2-5-19-18(22)11-20(29-19)25(33)30-13-16-8-15(16)10-21(30)24(32)28-17(12-26)9-14-4-3-7-27-23(14)31/h2,5-6,11,14-17,21,25,29,33H,3-4,7-10,13H2,1H3,(H,27,31)(H,28,32). The number of aliphatic hydroxyl groups is 1. The van der Waals surface area contributed by atoms with E-state index in [1.54, 1.807) is 7.11 Å². The molecule has 6 atom stereocenters. The third kappa shape index (κ3) is 4.36. The Morgan fingerprint density at radius 1 is 1.38 bits per heavy atom. The summed E-state index contributed by atoms with van der Waals surface area (Å²) in [6.45, 7) is 1.29. The molecule has 6 unspecified atom stereocenters. The van der Waals surface area contributed by atoms with Crippen LogP contribution >= 0.6 is 0 Å². The lowest BCUT2D eigenvalue weighted by Gasteiger charge is -2.37. The van der Waals surface area contributed by atoms with E-state index in [0.717, 1.165) is 30.2 Å². The second-order valence-corrected chi connectivity index (χ2v) is 9.78. The van der Waals surface area contributed by atoms with Crippen molar-refractivity contribution in [1.29, 1.82) is 5.26 Å². The zero-order valence-electron chi connectivity index (χ0n) is 19.3. The van der Waals surface area contributed by atoms with E-state index in [9.17, 15) is 20.0 Å². The predicted molar refractivity (Wildman–Crippen MR) is 124 cm³/mol. The van der Waals surface area contributed by atoms with Gasteiger partial charge in [0.15, 0.2) is 0 Å². The number of aromatic amines is 1. The lowest BCUT2D eigenvalue weighted by molar-refractivity contribution is -0.136. The van der Waals surface area contributed by atoms with Gasteiger partial charge >= 0.3 is 0 Å². The van der Waals surface area contributed by atoms with Crippen LogP contribution in [-0.4, -0.2) is 59.1 Å². The number of ether oxygens (including phenoxy) is 1. The summed E-state index contributed by atoms with van der Waals surface area (Å²) in [6.07, 6.45) is 2.62. The van der Waals surface area contributed by atoms with Gasteiger partial charge in [-0.25, -0.2) is 0 Å². The van der Waals surface area contributed by atoms with Crippen LogP contribution in [0.4, 0.5) is 0 Å². The van der Waals surface area contributed by atoms with Gasteiger partial charge in [0.1, 0.15) is 18.0 Å². The number of nitriles is 1. The summed E-state index contributed by atoms with van der Waals surface area (Å²) in [5.41, 5.74) is 1.46. The van der Waals surface area contributed by atoms with E-state index in [1.165, 1.54) is 0 Å². The Hall–Kier alpha value is -3.09. The molecule has 9 nitrogen and oxygen atoms in total. The number of benzene rings is 1. The van der Waals surface area contributed by atoms with Crippen LogP contribution in [-0.2, 0) is 9.59 Å². The quantitative estimate of drug-likeness (QED) is 0.493. The number of amides is 2. The summed E-state index contributed by atoms with van der Waals surface area (Å²) >= 11 is 0. The van der Waals surface area contributed by atoms with E-state index < -0.39 is 18.3 Å². The Labute approximate surface area is 198 Å². The lowest BCUT2D eigenvalue weighted by atomic mass is 9.91. The number of fused-ring (bicyclic) bond motifs is 2. The van der Waals surface area contributed by atoms with Crippen molar-refractivity contribution in [3.63, 3.8) is 0 Å². The monoisotopic (exact) mass is 465 g/mol. The number of aromatic nitrogens is 1. The third-order valence-corrected chi connectivity index (χ3v) is 7.59. The van der Waals surface area contributed by atoms with Crippen LogP contribution in [0.25, 0.3) is 10.9 Å². The van der Waals surface area contributed by atoms with Crippen LogP contribution in [0.5, 0.6) is 5.75 Å². The maximum Gasteiger partial charge on any atom is 0.238 e. The summed E-state index contributed by atoms with van der Waals surface area (Å²) in [5.74, 6) is 1.10. The van der Waals surface area contributed by atoms with Crippen LogP contribution in [0.15, 0.2) is 24.3 Å². The van der Waals surface area contributed by atoms with Gasteiger partial charge in [-0.2, -0.15) is 5.26 Å². The zero-order chi connectivity index (χ0) is 23.8. The van der Waals surface area contributed by atoms with Crippen LogP contribution in [0.3, 0.4) is 0 Å². The molecule has 0 bridgehead atoms. The second kappa shape index (κ2) is 9.28. The molecular weight excluding hydrogens is 434 g/mol. The SMILES string of the molecule is COc1cccc2[nH]c(C(O)N3CC4CC4CC3C(=O)NC(C#N)CC3CCCNC3=O)cc12. The highest BCUT2D eigenvalue weighted by atomic mass is 16.5. The average Bonchev–Trinajstić information content (AvgIpc) is 3.48. The minimum atomic E-state index is -0.987. The molecule has 1 saturated carbocycles. The molecule has 0 radical (unpaired) electrons. The molecule has 9 heteroatoms. The molecule has 2 aliphatic heterocycles. The maximum atomic E-state index is 13.3. The summed E-state index contributed by atoms with van der Waals surface area (Å²) in [7, 11) is 1.61. The van der Waals surface area contributed by atoms with Gasteiger partial charge in [0.05, 0.1) is 24.9 Å². The van der Waals surface area contributed by atoms with Crippen molar-refractivity contribution in [3.05, 3.63) is 30.0 Å². The first-order valence-electron chi connectivity index (χ1n) is 12.1. The van der Waals surface area contributed by atoms with Crippen LogP contribution in [0.2, 0.25) is 0 Å². The van der Waals surface area contributed by atoms with E-state index in [2.05, 4.69) is 21.7 Å². The molecule has 3 aliphatic rings. The molecule has 34 heavy (non-hydrogen) atoms. The molecule has 3 heterocycles. The van der Waals surface area contributed by atoms with E-state index >= 15 is 0 Å². The van der Waals surface area contributed by atoms with Crippen molar-refractivity contribution in [2.24, 2.45) is 17.8 Å². The largest absolute Gasteiger partial charge is 0.496 e. The Kier molecular flexibility index (Phi) is 6.19. The number of rotatable bonds is 7. The number of carbonyl (C=O) groups excluding carboxylic acids is 2. The lowest BCUT2D eigenvalue weighted by Crippen LogP contribution is -2.53. The molecule has 5 rings (SSSR count). The minimum Gasteiger partial charge on any atom is -0.496 e. The van der Waals surface area contributed by atoms with Crippen molar-refractivity contribution >= 4 is 22.7 Å². The Bertz CT molecular complexity index is 1120. The van der Waals surface area contributed by atoms with Crippen molar-refractivity contribution in [2.75, 3.05) is 20.2 Å². The van der Waals surface area contributed by atoms with Crippen molar-refractivity contribution < 1.29 is 19.4 Å². The fourth-order valence-electron chi connectivity index (χ4n) is 5.57. The van der Waals surface area contributed by atoms with Crippen LogP contribution in [0, 0.1) is 29.1 Å². The number of aliphatic hydroxyl groups excluding tert-OH is 1. The molecule has 1 aliphatic carbocycles. The molecule has 1 aromatic carbocycles. The van der Waals surface area contributed by atoms with E-state index in [-0.39, 0.29) is 17.7 Å². The number of hydrogen-bond donors (Lipinski definition) is 4. The first-order chi connectivity index (χ1) is 16.5. The highest BCUT2D eigenvalue weighted by Gasteiger charge is 2.50. The van der Waals surface area contributed by atoms with Gasteiger partial charge in [0.25, 0.3) is 0 Å². The first kappa shape index (κ1) is 22.7. The Morgan fingerprint density at radius 2 is 2.24 bits per heavy atom. The molecule has 180 valence electrons. The number of H-pyrrole nitrogens is 1. The zero-order valence-corrected chi connectivity index (χ0v) is 19.3. The average molecular weight is 466 g/mol. The van der Waals surface area contributed by atoms with Crippen LogP contribution < -0.4 is 15.4 Å². The molecule has 0 spiro atoms. The molecule has 2 saturated heterocycles.